The van der Waals surface area contributed by atoms with Crippen LogP contribution in [0.2, 0.25) is 0 Å². The molecule has 1 amide bonds. The number of benzene rings is 2. The summed E-state index contributed by atoms with van der Waals surface area (Å²) in [5.41, 5.74) is 1.37. The van der Waals surface area contributed by atoms with Crippen LogP contribution in [-0.2, 0) is 6.42 Å². The number of methoxy groups -OCH3 is 1. The van der Waals surface area contributed by atoms with Gasteiger partial charge in [-0.25, -0.2) is 0 Å². The number of amides is 1. The van der Waals surface area contributed by atoms with E-state index in [9.17, 15) is 13.6 Å². The first kappa shape index (κ1) is 18.2. The average Bonchev–Trinajstić information content (AvgIpc) is 3.10. The second-order valence-corrected chi connectivity index (χ2v) is 6.33. The molecule has 1 fully saturated rings. The van der Waals surface area contributed by atoms with Gasteiger partial charge in [-0.3, -0.25) is 4.79 Å². The van der Waals surface area contributed by atoms with E-state index in [0.29, 0.717) is 19.0 Å². The van der Waals surface area contributed by atoms with Crippen LogP contribution >= 0.6 is 0 Å². The number of nitrogens with zero attached hydrogens (tertiary/aromatic N) is 1. The average molecular weight is 361 g/mol. The van der Waals surface area contributed by atoms with Crippen molar-refractivity contribution in [2.45, 2.75) is 19.5 Å². The molecule has 0 radical (unpaired) electrons. The molecule has 1 aliphatic heterocycles. The SMILES string of the molecule is COc1ccc(CC2CCN(C(=O)c3ccccc3OC(F)F)C2)cc1. The normalized spacial score (nSPS) is 16.8. The summed E-state index contributed by atoms with van der Waals surface area (Å²) in [6.07, 6.45) is 1.75. The maximum Gasteiger partial charge on any atom is 0.387 e. The van der Waals surface area contributed by atoms with Gasteiger partial charge in [-0.05, 0) is 48.6 Å². The Hall–Kier alpha value is -2.63. The van der Waals surface area contributed by atoms with Crippen LogP contribution in [0.25, 0.3) is 0 Å². The van der Waals surface area contributed by atoms with Crippen molar-refractivity contribution in [3.8, 4) is 11.5 Å². The van der Waals surface area contributed by atoms with Crippen LogP contribution in [0.5, 0.6) is 11.5 Å². The van der Waals surface area contributed by atoms with Crippen LogP contribution < -0.4 is 9.47 Å². The van der Waals surface area contributed by atoms with Crippen molar-refractivity contribution in [1.82, 2.24) is 4.90 Å². The van der Waals surface area contributed by atoms with Gasteiger partial charge in [-0.15, -0.1) is 0 Å². The summed E-state index contributed by atoms with van der Waals surface area (Å²) in [5, 5.41) is 0. The van der Waals surface area contributed by atoms with Gasteiger partial charge in [0.15, 0.2) is 0 Å². The van der Waals surface area contributed by atoms with Crippen molar-refractivity contribution in [2.75, 3.05) is 20.2 Å². The van der Waals surface area contributed by atoms with Gasteiger partial charge < -0.3 is 14.4 Å². The minimum absolute atomic E-state index is 0.0777. The van der Waals surface area contributed by atoms with E-state index in [0.717, 1.165) is 18.6 Å². The Morgan fingerprint density at radius 3 is 2.62 bits per heavy atom. The second kappa shape index (κ2) is 8.17. The van der Waals surface area contributed by atoms with Crippen LogP contribution in [0.4, 0.5) is 8.78 Å². The van der Waals surface area contributed by atoms with Crippen molar-refractivity contribution < 1.29 is 23.0 Å². The summed E-state index contributed by atoms with van der Waals surface area (Å²) < 4.78 is 34.7. The summed E-state index contributed by atoms with van der Waals surface area (Å²) in [4.78, 5) is 14.4. The Balaban J connectivity index is 1.64. The van der Waals surface area contributed by atoms with Crippen LogP contribution in [0.1, 0.15) is 22.3 Å². The van der Waals surface area contributed by atoms with Gasteiger partial charge in [-0.1, -0.05) is 24.3 Å². The molecule has 2 aromatic rings. The Bertz CT molecular complexity index is 749. The predicted octanol–water partition coefficient (Wildman–Crippen LogP) is 4.00. The van der Waals surface area contributed by atoms with Gasteiger partial charge in [-0.2, -0.15) is 8.78 Å². The number of carbonyl (C=O) groups is 1. The molecule has 4 nitrogen and oxygen atoms in total. The largest absolute Gasteiger partial charge is 0.497 e. The van der Waals surface area contributed by atoms with E-state index in [1.165, 1.54) is 17.7 Å². The van der Waals surface area contributed by atoms with E-state index in [2.05, 4.69) is 4.74 Å². The molecular formula is C20H21F2NO3. The molecule has 0 aromatic heterocycles. The number of para-hydroxylation sites is 1. The highest BCUT2D eigenvalue weighted by Crippen LogP contribution is 2.27. The highest BCUT2D eigenvalue weighted by molar-refractivity contribution is 5.97. The van der Waals surface area contributed by atoms with Gasteiger partial charge in [0.1, 0.15) is 11.5 Å². The number of hydrogen-bond acceptors (Lipinski definition) is 3. The van der Waals surface area contributed by atoms with Crippen LogP contribution in [0.15, 0.2) is 48.5 Å². The number of halogens is 2. The van der Waals surface area contributed by atoms with E-state index in [-0.39, 0.29) is 17.2 Å². The molecule has 0 N–H and O–H groups in total. The monoisotopic (exact) mass is 361 g/mol. The molecule has 0 bridgehead atoms. The van der Waals surface area contributed by atoms with Crippen LogP contribution in [0.3, 0.4) is 0 Å². The maximum atomic E-state index is 12.7. The minimum atomic E-state index is -2.95. The molecule has 6 heteroatoms. The van der Waals surface area contributed by atoms with Gasteiger partial charge in [0, 0.05) is 13.1 Å². The minimum Gasteiger partial charge on any atom is -0.497 e. The topological polar surface area (TPSA) is 38.8 Å². The van der Waals surface area contributed by atoms with Crippen LogP contribution in [-0.4, -0.2) is 37.6 Å². The lowest BCUT2D eigenvalue weighted by Crippen LogP contribution is -2.29. The van der Waals surface area contributed by atoms with E-state index in [1.807, 2.05) is 24.3 Å². The first-order valence-electron chi connectivity index (χ1n) is 8.53. The van der Waals surface area contributed by atoms with Gasteiger partial charge in [0.2, 0.25) is 0 Å². The highest BCUT2D eigenvalue weighted by atomic mass is 19.3. The van der Waals surface area contributed by atoms with Gasteiger partial charge >= 0.3 is 6.61 Å². The molecule has 0 spiro atoms. The molecule has 1 unspecified atom stereocenters. The summed E-state index contributed by atoms with van der Waals surface area (Å²) in [6, 6.07) is 14.0. The Morgan fingerprint density at radius 1 is 1.19 bits per heavy atom. The summed E-state index contributed by atoms with van der Waals surface area (Å²) in [7, 11) is 1.63. The van der Waals surface area contributed by atoms with Crippen LogP contribution in [0, 0.1) is 5.92 Å². The lowest BCUT2D eigenvalue weighted by Gasteiger charge is -2.18. The number of likely N-dealkylation sites (tertiary alicyclic amines) is 1. The van der Waals surface area contributed by atoms with Crippen molar-refractivity contribution in [3.63, 3.8) is 0 Å². The maximum absolute atomic E-state index is 12.7. The van der Waals surface area contributed by atoms with Crippen molar-refractivity contribution in [1.29, 1.82) is 0 Å². The van der Waals surface area contributed by atoms with E-state index >= 15 is 0 Å². The third kappa shape index (κ3) is 4.31. The van der Waals surface area contributed by atoms with E-state index < -0.39 is 6.61 Å². The molecule has 26 heavy (non-hydrogen) atoms. The summed E-state index contributed by atoms with van der Waals surface area (Å²) in [6.45, 7) is -1.73. The molecule has 0 saturated carbocycles. The Labute approximate surface area is 151 Å². The molecule has 0 aliphatic carbocycles. The number of hydrogen-bond donors (Lipinski definition) is 0. The molecule has 2 aromatic carbocycles. The lowest BCUT2D eigenvalue weighted by molar-refractivity contribution is -0.0502. The fraction of sp³-hybridized carbons (Fsp3) is 0.350. The smallest absolute Gasteiger partial charge is 0.387 e. The standard InChI is InChI=1S/C20H21F2NO3/c1-25-16-8-6-14(7-9-16)12-15-10-11-23(13-15)19(24)17-4-2-3-5-18(17)26-20(21)22/h2-9,15,20H,10-13H2,1H3. The zero-order valence-corrected chi connectivity index (χ0v) is 14.5. The third-order valence-electron chi connectivity index (χ3n) is 4.59. The first-order valence-corrected chi connectivity index (χ1v) is 8.53. The lowest BCUT2D eigenvalue weighted by atomic mass is 9.99. The van der Waals surface area contributed by atoms with Crippen molar-refractivity contribution in [2.24, 2.45) is 5.92 Å². The third-order valence-corrected chi connectivity index (χ3v) is 4.59. The Kier molecular flexibility index (Phi) is 5.71. The van der Waals surface area contributed by atoms with Gasteiger partial charge in [0.05, 0.1) is 12.7 Å². The molecular weight excluding hydrogens is 340 g/mol. The van der Waals surface area contributed by atoms with Gasteiger partial charge in [0.25, 0.3) is 5.91 Å². The van der Waals surface area contributed by atoms with Crippen molar-refractivity contribution >= 4 is 5.91 Å². The first-order chi connectivity index (χ1) is 12.6. The zero-order valence-electron chi connectivity index (χ0n) is 14.5. The molecule has 1 saturated heterocycles. The zero-order chi connectivity index (χ0) is 18.5. The van der Waals surface area contributed by atoms with Crippen molar-refractivity contribution in [3.05, 3.63) is 59.7 Å². The summed E-state index contributed by atoms with van der Waals surface area (Å²) >= 11 is 0. The fourth-order valence-electron chi connectivity index (χ4n) is 3.29. The molecule has 1 aliphatic rings. The molecule has 1 atom stereocenters. The fourth-order valence-corrected chi connectivity index (χ4v) is 3.29. The molecule has 1 heterocycles. The predicted molar refractivity (Wildman–Crippen MR) is 93.8 cm³/mol. The molecule has 3 rings (SSSR count). The second-order valence-electron chi connectivity index (χ2n) is 6.33. The van der Waals surface area contributed by atoms with E-state index in [4.69, 9.17) is 4.74 Å². The number of carbonyl (C=O) groups excluding carboxylic acids is 1. The number of rotatable bonds is 6. The summed E-state index contributed by atoms with van der Waals surface area (Å²) in [5.74, 6) is 0.813. The Morgan fingerprint density at radius 2 is 1.92 bits per heavy atom. The number of alkyl halides is 2. The number of ether oxygens (including phenoxy) is 2. The molecule has 138 valence electrons. The van der Waals surface area contributed by atoms with E-state index in [1.54, 1.807) is 24.1 Å². The highest BCUT2D eigenvalue weighted by Gasteiger charge is 2.29. The quantitative estimate of drug-likeness (QED) is 0.781.